The van der Waals surface area contributed by atoms with E-state index in [9.17, 15) is 5.26 Å². The van der Waals surface area contributed by atoms with Crippen molar-refractivity contribution in [3.8, 4) is 17.2 Å². The molecule has 124 valence electrons. The van der Waals surface area contributed by atoms with E-state index in [1.165, 1.54) is 10.4 Å². The Hall–Kier alpha value is -2.67. The fraction of sp³-hybridized carbons (Fsp3) is 0.136. The Morgan fingerprint density at radius 2 is 1.80 bits per heavy atom. The fourth-order valence-corrected chi connectivity index (χ4v) is 3.62. The highest BCUT2D eigenvalue weighted by Gasteiger charge is 2.08. The molecular formula is C22H20N2S. The van der Waals surface area contributed by atoms with Gasteiger partial charge in [0.15, 0.2) is 0 Å². The fourth-order valence-electron chi connectivity index (χ4n) is 2.87. The van der Waals surface area contributed by atoms with E-state index >= 15 is 0 Å². The molecule has 0 N–H and O–H groups in total. The summed E-state index contributed by atoms with van der Waals surface area (Å²) in [6.07, 6.45) is 1.95. The molecule has 1 heterocycles. The molecule has 3 heteroatoms. The lowest BCUT2D eigenvalue weighted by atomic mass is 9.99. The zero-order chi connectivity index (χ0) is 17.5. The van der Waals surface area contributed by atoms with Crippen molar-refractivity contribution >= 4 is 11.3 Å². The molecule has 0 saturated carbocycles. The van der Waals surface area contributed by atoms with Gasteiger partial charge in [-0.1, -0.05) is 54.6 Å². The van der Waals surface area contributed by atoms with Gasteiger partial charge in [0.1, 0.15) is 0 Å². The predicted molar refractivity (Wildman–Crippen MR) is 105 cm³/mol. The minimum atomic E-state index is 0.709. The van der Waals surface area contributed by atoms with Gasteiger partial charge in [0.2, 0.25) is 0 Å². The van der Waals surface area contributed by atoms with Crippen molar-refractivity contribution in [1.82, 2.24) is 4.90 Å². The molecule has 0 saturated heterocycles. The summed E-state index contributed by atoms with van der Waals surface area (Å²) in [6.45, 7) is 6.55. The van der Waals surface area contributed by atoms with Gasteiger partial charge < -0.3 is 0 Å². The number of rotatable bonds is 7. The molecule has 0 aliphatic heterocycles. The summed E-state index contributed by atoms with van der Waals surface area (Å²) in [5.41, 5.74) is 4.03. The van der Waals surface area contributed by atoms with Crippen LogP contribution < -0.4 is 0 Å². The average molecular weight is 344 g/mol. The van der Waals surface area contributed by atoms with Gasteiger partial charge in [0.05, 0.1) is 11.6 Å². The van der Waals surface area contributed by atoms with E-state index in [4.69, 9.17) is 0 Å². The Labute approximate surface area is 153 Å². The number of benzene rings is 2. The summed E-state index contributed by atoms with van der Waals surface area (Å²) in [4.78, 5) is 3.73. The van der Waals surface area contributed by atoms with Crippen LogP contribution in [0.15, 0.2) is 78.7 Å². The molecule has 0 aliphatic rings. The van der Waals surface area contributed by atoms with Crippen LogP contribution in [0.4, 0.5) is 0 Å². The van der Waals surface area contributed by atoms with Gasteiger partial charge in [-0.2, -0.15) is 5.26 Å². The minimum Gasteiger partial charge on any atom is -0.290 e. The van der Waals surface area contributed by atoms with E-state index in [0.29, 0.717) is 5.56 Å². The van der Waals surface area contributed by atoms with Crippen molar-refractivity contribution in [3.05, 3.63) is 94.7 Å². The van der Waals surface area contributed by atoms with Crippen molar-refractivity contribution in [2.75, 3.05) is 6.54 Å². The van der Waals surface area contributed by atoms with Crippen LogP contribution in [0.3, 0.4) is 0 Å². The van der Waals surface area contributed by atoms with Crippen molar-refractivity contribution in [1.29, 1.82) is 5.26 Å². The van der Waals surface area contributed by atoms with Gasteiger partial charge in [0, 0.05) is 24.5 Å². The molecule has 0 radical (unpaired) electrons. The van der Waals surface area contributed by atoms with Crippen molar-refractivity contribution < 1.29 is 0 Å². The second-order valence-corrected chi connectivity index (χ2v) is 6.92. The number of nitrogens with zero attached hydrogens (tertiary/aromatic N) is 2. The Morgan fingerprint density at radius 3 is 2.48 bits per heavy atom. The number of nitriles is 1. The molecule has 0 aliphatic carbocycles. The smallest absolute Gasteiger partial charge is 0.0998 e. The normalized spacial score (nSPS) is 10.6. The van der Waals surface area contributed by atoms with Crippen LogP contribution in [0.25, 0.3) is 11.1 Å². The first kappa shape index (κ1) is 17.2. The summed E-state index contributed by atoms with van der Waals surface area (Å²) >= 11 is 1.78. The largest absolute Gasteiger partial charge is 0.290 e. The number of hydrogen-bond donors (Lipinski definition) is 0. The van der Waals surface area contributed by atoms with Gasteiger partial charge in [-0.25, -0.2) is 0 Å². The zero-order valence-corrected chi connectivity index (χ0v) is 14.9. The van der Waals surface area contributed by atoms with Crippen molar-refractivity contribution in [2.45, 2.75) is 13.1 Å². The standard InChI is InChI=1S/C22H20N2S/c1-2-13-24(17-21-7-5-14-25-21)16-18-9-11-19(12-10-18)22-8-4-3-6-20(22)15-23/h2-12,14H,1,13,16-17H2. The molecule has 0 fully saturated rings. The van der Waals surface area contributed by atoms with Crippen LogP contribution in [0.5, 0.6) is 0 Å². The highest BCUT2D eigenvalue weighted by Crippen LogP contribution is 2.24. The molecule has 0 atom stereocenters. The number of thiophene rings is 1. The van der Waals surface area contributed by atoms with Gasteiger partial charge >= 0.3 is 0 Å². The maximum absolute atomic E-state index is 9.27. The van der Waals surface area contributed by atoms with Crippen molar-refractivity contribution in [2.24, 2.45) is 0 Å². The molecule has 1 aromatic heterocycles. The molecule has 0 unspecified atom stereocenters. The van der Waals surface area contributed by atoms with E-state index < -0.39 is 0 Å². The number of hydrogen-bond acceptors (Lipinski definition) is 3. The first-order valence-corrected chi connectivity index (χ1v) is 9.12. The lowest BCUT2D eigenvalue weighted by Gasteiger charge is -2.20. The van der Waals surface area contributed by atoms with Crippen LogP contribution >= 0.6 is 11.3 Å². The SMILES string of the molecule is C=CCN(Cc1ccc(-c2ccccc2C#N)cc1)Cc1cccs1. The third-order valence-electron chi connectivity index (χ3n) is 4.07. The van der Waals surface area contributed by atoms with Crippen LogP contribution in [0, 0.1) is 11.3 Å². The third-order valence-corrected chi connectivity index (χ3v) is 4.93. The molecular weight excluding hydrogens is 324 g/mol. The van der Waals surface area contributed by atoms with Crippen LogP contribution in [0.1, 0.15) is 16.0 Å². The Morgan fingerprint density at radius 1 is 1.00 bits per heavy atom. The molecule has 0 amide bonds. The predicted octanol–water partition coefficient (Wildman–Crippen LogP) is 5.47. The second kappa shape index (κ2) is 8.43. The molecule has 0 spiro atoms. The van der Waals surface area contributed by atoms with E-state index in [0.717, 1.165) is 30.8 Å². The van der Waals surface area contributed by atoms with E-state index in [1.54, 1.807) is 11.3 Å². The van der Waals surface area contributed by atoms with Crippen LogP contribution in [-0.2, 0) is 13.1 Å². The van der Waals surface area contributed by atoms with Gasteiger partial charge in [-0.05, 0) is 34.2 Å². The van der Waals surface area contributed by atoms with Gasteiger partial charge in [0.25, 0.3) is 0 Å². The molecule has 25 heavy (non-hydrogen) atoms. The Bertz CT molecular complexity index is 858. The lowest BCUT2D eigenvalue weighted by molar-refractivity contribution is 0.289. The second-order valence-electron chi connectivity index (χ2n) is 5.89. The quantitative estimate of drug-likeness (QED) is 0.531. The molecule has 0 bridgehead atoms. The minimum absolute atomic E-state index is 0.709. The van der Waals surface area contributed by atoms with Crippen LogP contribution in [0.2, 0.25) is 0 Å². The lowest BCUT2D eigenvalue weighted by Crippen LogP contribution is -2.22. The molecule has 3 aromatic rings. The monoisotopic (exact) mass is 344 g/mol. The van der Waals surface area contributed by atoms with Crippen LogP contribution in [-0.4, -0.2) is 11.4 Å². The summed E-state index contributed by atoms with van der Waals surface area (Å²) < 4.78 is 0. The summed E-state index contributed by atoms with van der Waals surface area (Å²) in [5, 5.41) is 11.4. The van der Waals surface area contributed by atoms with Gasteiger partial charge in [-0.3, -0.25) is 4.90 Å². The topological polar surface area (TPSA) is 27.0 Å². The maximum atomic E-state index is 9.27. The maximum Gasteiger partial charge on any atom is 0.0998 e. The Kier molecular flexibility index (Phi) is 5.79. The zero-order valence-electron chi connectivity index (χ0n) is 14.1. The highest BCUT2D eigenvalue weighted by molar-refractivity contribution is 7.09. The average Bonchev–Trinajstić information content (AvgIpc) is 3.15. The van der Waals surface area contributed by atoms with Gasteiger partial charge in [-0.15, -0.1) is 17.9 Å². The molecule has 2 aromatic carbocycles. The van der Waals surface area contributed by atoms with E-state index in [2.05, 4.69) is 59.3 Å². The summed E-state index contributed by atoms with van der Waals surface area (Å²) in [5.74, 6) is 0. The third kappa shape index (κ3) is 4.45. The first-order chi connectivity index (χ1) is 12.3. The van der Waals surface area contributed by atoms with E-state index in [-0.39, 0.29) is 0 Å². The van der Waals surface area contributed by atoms with E-state index in [1.807, 2.05) is 30.3 Å². The summed E-state index contributed by atoms with van der Waals surface area (Å²) in [7, 11) is 0. The molecule has 2 nitrogen and oxygen atoms in total. The van der Waals surface area contributed by atoms with Crippen molar-refractivity contribution in [3.63, 3.8) is 0 Å². The highest BCUT2D eigenvalue weighted by atomic mass is 32.1. The molecule has 3 rings (SSSR count). The first-order valence-electron chi connectivity index (χ1n) is 8.24. The Balaban J connectivity index is 1.75. The summed E-state index contributed by atoms with van der Waals surface area (Å²) in [6, 6.07) is 22.7.